The molecule has 3 heteroatoms. The number of rotatable bonds is 13. The van der Waals surface area contributed by atoms with E-state index in [1.165, 1.54) is 57.8 Å². The molecule has 0 N–H and O–H groups in total. The number of hydrogen-bond donors (Lipinski definition) is 1. The van der Waals surface area contributed by atoms with Crippen LogP contribution in [0, 0.1) is 17.2 Å². The molecule has 0 fully saturated rings. The van der Waals surface area contributed by atoms with Gasteiger partial charge in [0.15, 0.2) is 0 Å². The van der Waals surface area contributed by atoms with E-state index in [2.05, 4.69) is 19.6 Å². The molecule has 0 aromatic carbocycles. The highest BCUT2D eigenvalue weighted by Gasteiger charge is 2.12. The summed E-state index contributed by atoms with van der Waals surface area (Å²) in [6.45, 7) is 2.25. The molecule has 0 aliphatic rings. The maximum Gasteiger partial charge on any atom is 0.203 e. The van der Waals surface area contributed by atoms with Crippen LogP contribution in [0.1, 0.15) is 84.0 Å². The van der Waals surface area contributed by atoms with E-state index in [1.807, 2.05) is 6.07 Å². The lowest BCUT2D eigenvalue weighted by Gasteiger charge is -2.04. The predicted octanol–water partition coefficient (Wildman–Crippen LogP) is 5.28. The van der Waals surface area contributed by atoms with Crippen molar-refractivity contribution in [3.63, 3.8) is 0 Å². The zero-order valence-electron chi connectivity index (χ0n) is 12.4. The van der Waals surface area contributed by atoms with Gasteiger partial charge in [-0.05, 0) is 6.42 Å². The van der Waals surface area contributed by atoms with Crippen LogP contribution in [0.25, 0.3) is 0 Å². The van der Waals surface area contributed by atoms with Crippen LogP contribution < -0.4 is 0 Å². The van der Waals surface area contributed by atoms with Gasteiger partial charge in [-0.25, -0.2) is 0 Å². The highest BCUT2D eigenvalue weighted by molar-refractivity contribution is 7.96. The number of thiol groups is 1. The molecule has 0 spiro atoms. The lowest BCUT2D eigenvalue weighted by atomic mass is 10.0. The largest absolute Gasteiger partial charge is 0.286 e. The Morgan fingerprint density at radius 2 is 1.37 bits per heavy atom. The molecule has 0 heterocycles. The molecule has 0 saturated carbocycles. The van der Waals surface area contributed by atoms with Crippen molar-refractivity contribution in [2.45, 2.75) is 84.0 Å². The zero-order chi connectivity index (χ0) is 14.3. The van der Waals surface area contributed by atoms with Crippen LogP contribution in [-0.2, 0) is 4.79 Å². The second-order valence-corrected chi connectivity index (χ2v) is 5.78. The van der Waals surface area contributed by atoms with Crippen LogP contribution >= 0.6 is 12.6 Å². The Hall–Kier alpha value is -0.490. The Morgan fingerprint density at radius 1 is 0.947 bits per heavy atom. The summed E-state index contributed by atoms with van der Waals surface area (Å²) < 4.78 is 0. The summed E-state index contributed by atoms with van der Waals surface area (Å²) in [5, 5.41) is 8.46. The van der Waals surface area contributed by atoms with E-state index >= 15 is 0 Å². The molecule has 0 bridgehead atoms. The van der Waals surface area contributed by atoms with Crippen LogP contribution in [0.4, 0.5) is 0 Å². The SMILES string of the molecule is CCCCCCCCCCCCCC(C#N)C(=O)S. The molecule has 1 unspecified atom stereocenters. The molecule has 0 radical (unpaired) electrons. The lowest BCUT2D eigenvalue weighted by molar-refractivity contribution is -0.112. The minimum absolute atomic E-state index is 0.283. The summed E-state index contributed by atoms with van der Waals surface area (Å²) >= 11 is 3.72. The zero-order valence-corrected chi connectivity index (χ0v) is 13.3. The molecule has 110 valence electrons. The van der Waals surface area contributed by atoms with Gasteiger partial charge in [0.1, 0.15) is 5.92 Å². The molecular weight excluding hydrogens is 254 g/mol. The minimum atomic E-state index is -0.498. The van der Waals surface area contributed by atoms with Crippen molar-refractivity contribution in [1.29, 1.82) is 5.26 Å². The first-order chi connectivity index (χ1) is 9.22. The molecule has 19 heavy (non-hydrogen) atoms. The van der Waals surface area contributed by atoms with E-state index in [1.54, 1.807) is 0 Å². The predicted molar refractivity (Wildman–Crippen MR) is 84.2 cm³/mol. The third-order valence-electron chi connectivity index (χ3n) is 3.55. The quantitative estimate of drug-likeness (QED) is 0.369. The number of carbonyl (C=O) groups is 1. The highest BCUT2D eigenvalue weighted by atomic mass is 32.1. The first-order valence-corrected chi connectivity index (χ1v) is 8.29. The summed E-state index contributed by atoms with van der Waals surface area (Å²) in [6.07, 6.45) is 14.9. The van der Waals surface area contributed by atoms with E-state index < -0.39 is 5.92 Å². The smallest absolute Gasteiger partial charge is 0.203 e. The third-order valence-corrected chi connectivity index (χ3v) is 3.86. The molecule has 0 aromatic heterocycles. The van der Waals surface area contributed by atoms with Crippen molar-refractivity contribution in [2.24, 2.45) is 5.92 Å². The fourth-order valence-corrected chi connectivity index (χ4v) is 2.44. The van der Waals surface area contributed by atoms with Crippen molar-refractivity contribution in [3.8, 4) is 6.07 Å². The Labute approximate surface area is 124 Å². The molecule has 0 aliphatic heterocycles. The number of carbonyl (C=O) groups excluding carboxylic acids is 1. The number of nitrogens with zero attached hydrogens (tertiary/aromatic N) is 1. The number of unbranched alkanes of at least 4 members (excludes halogenated alkanes) is 10. The van der Waals surface area contributed by atoms with Gasteiger partial charge in [-0.2, -0.15) is 5.26 Å². The van der Waals surface area contributed by atoms with E-state index in [4.69, 9.17) is 5.26 Å². The van der Waals surface area contributed by atoms with Crippen molar-refractivity contribution < 1.29 is 4.79 Å². The maximum atomic E-state index is 10.9. The van der Waals surface area contributed by atoms with E-state index in [0.29, 0.717) is 6.42 Å². The van der Waals surface area contributed by atoms with Gasteiger partial charge in [-0.3, -0.25) is 4.79 Å². The van der Waals surface area contributed by atoms with Crippen molar-refractivity contribution in [2.75, 3.05) is 0 Å². The molecule has 0 aliphatic carbocycles. The van der Waals surface area contributed by atoms with Gasteiger partial charge in [0.25, 0.3) is 0 Å². The first kappa shape index (κ1) is 18.5. The number of nitriles is 1. The highest BCUT2D eigenvalue weighted by Crippen LogP contribution is 2.15. The Kier molecular flexibility index (Phi) is 13.6. The first-order valence-electron chi connectivity index (χ1n) is 7.84. The molecule has 0 amide bonds. The normalized spacial score (nSPS) is 12.1. The van der Waals surface area contributed by atoms with Crippen molar-refractivity contribution >= 4 is 17.7 Å². The summed E-state index contributed by atoms with van der Waals surface area (Å²) in [6, 6.07) is 2.01. The average Bonchev–Trinajstić information content (AvgIpc) is 2.40. The van der Waals surface area contributed by atoms with Crippen LogP contribution in [0.3, 0.4) is 0 Å². The Bertz CT molecular complexity index is 260. The molecule has 0 aromatic rings. The molecule has 1 atom stereocenters. The lowest BCUT2D eigenvalue weighted by Crippen LogP contribution is -2.05. The standard InChI is InChI=1S/C16H29NOS/c1-2-3-4-5-6-7-8-9-10-11-12-13-15(14-17)16(18)19/h15H,2-13H2,1H3,(H,18,19). The monoisotopic (exact) mass is 283 g/mol. The van der Waals surface area contributed by atoms with Crippen LogP contribution in [0.15, 0.2) is 0 Å². The maximum absolute atomic E-state index is 10.9. The van der Waals surface area contributed by atoms with Gasteiger partial charge in [0, 0.05) is 0 Å². The molecular formula is C16H29NOS. The summed E-state index contributed by atoms with van der Waals surface area (Å²) in [4.78, 5) is 10.9. The van der Waals surface area contributed by atoms with Gasteiger partial charge in [-0.15, -0.1) is 12.6 Å². The van der Waals surface area contributed by atoms with Crippen LogP contribution in [0.5, 0.6) is 0 Å². The van der Waals surface area contributed by atoms with E-state index in [0.717, 1.165) is 12.8 Å². The number of hydrogen-bond acceptors (Lipinski definition) is 2. The van der Waals surface area contributed by atoms with E-state index in [9.17, 15) is 4.79 Å². The van der Waals surface area contributed by atoms with Gasteiger partial charge in [0.2, 0.25) is 5.12 Å². The summed E-state index contributed by atoms with van der Waals surface area (Å²) in [5.41, 5.74) is 0. The fourth-order valence-electron chi connectivity index (χ4n) is 2.26. The van der Waals surface area contributed by atoms with Gasteiger partial charge in [0.05, 0.1) is 6.07 Å². The summed E-state index contributed by atoms with van der Waals surface area (Å²) in [7, 11) is 0. The van der Waals surface area contributed by atoms with E-state index in [-0.39, 0.29) is 5.12 Å². The molecule has 2 nitrogen and oxygen atoms in total. The molecule has 0 rings (SSSR count). The average molecular weight is 283 g/mol. The summed E-state index contributed by atoms with van der Waals surface area (Å²) in [5.74, 6) is -0.498. The second kappa shape index (κ2) is 13.9. The minimum Gasteiger partial charge on any atom is -0.286 e. The van der Waals surface area contributed by atoms with Crippen LogP contribution in [0.2, 0.25) is 0 Å². The van der Waals surface area contributed by atoms with Crippen molar-refractivity contribution in [1.82, 2.24) is 0 Å². The Morgan fingerprint density at radius 3 is 1.74 bits per heavy atom. The van der Waals surface area contributed by atoms with Crippen LogP contribution in [-0.4, -0.2) is 5.12 Å². The van der Waals surface area contributed by atoms with Gasteiger partial charge < -0.3 is 0 Å². The third kappa shape index (κ3) is 12.3. The Balaban J connectivity index is 3.19. The fraction of sp³-hybridized carbons (Fsp3) is 0.875. The van der Waals surface area contributed by atoms with Gasteiger partial charge >= 0.3 is 0 Å². The second-order valence-electron chi connectivity index (χ2n) is 5.34. The van der Waals surface area contributed by atoms with Gasteiger partial charge in [-0.1, -0.05) is 77.6 Å². The molecule has 0 saturated heterocycles. The topological polar surface area (TPSA) is 40.9 Å². The van der Waals surface area contributed by atoms with Crippen molar-refractivity contribution in [3.05, 3.63) is 0 Å².